The van der Waals surface area contributed by atoms with Crippen molar-refractivity contribution < 1.29 is 28.4 Å². The van der Waals surface area contributed by atoms with Crippen LogP contribution in [-0.2, 0) is 47.1 Å². The third kappa shape index (κ3) is 18.3. The first-order valence-corrected chi connectivity index (χ1v) is 48.1. The van der Waals surface area contributed by atoms with Crippen molar-refractivity contribution in [2.45, 2.75) is 205 Å². The molecule has 690 valence electrons. The Morgan fingerprint density at radius 2 is 0.742 bits per heavy atom. The number of nitrogens with zero attached hydrogens (tertiary/aromatic N) is 16. The number of aryl methyl sites for hydroxylation is 1. The normalized spacial score (nSPS) is 24.1. The number of aromatic nitrogens is 11. The first-order valence-electron chi connectivity index (χ1n) is 43.7. The van der Waals surface area contributed by atoms with Crippen molar-refractivity contribution in [2.24, 2.45) is 72.8 Å². The number of nitrogens with two attached hydrogens (primary N) is 8. The second-order valence-electron chi connectivity index (χ2n) is 35.7. The number of ether oxygens (including phenoxy) is 6. The summed E-state index contributed by atoms with van der Waals surface area (Å²) in [6.07, 6.45) is 17.1. The van der Waals surface area contributed by atoms with Crippen LogP contribution in [0, 0.1) is 28.6 Å². The van der Waals surface area contributed by atoms with Gasteiger partial charge in [-0.15, -0.1) is 0 Å². The van der Waals surface area contributed by atoms with E-state index in [0.29, 0.717) is 114 Å². The van der Waals surface area contributed by atoms with Crippen molar-refractivity contribution in [3.8, 4) is 11.5 Å². The van der Waals surface area contributed by atoms with Gasteiger partial charge in [0.05, 0.1) is 76.5 Å². The number of benzene rings is 1. The Balaban J connectivity index is 0.000000125. The van der Waals surface area contributed by atoms with E-state index in [1.165, 1.54) is 47.0 Å². The lowest BCUT2D eigenvalue weighted by Crippen LogP contribution is -2.51. The predicted octanol–water partition coefficient (Wildman–Crippen LogP) is 8.74. The molecule has 0 amide bonds. The zero-order valence-electron chi connectivity index (χ0n) is 73.6. The fourth-order valence-electron chi connectivity index (χ4n) is 19.1. The van der Waals surface area contributed by atoms with Crippen LogP contribution in [0.1, 0.15) is 110 Å². The van der Waals surface area contributed by atoms with Crippen molar-refractivity contribution in [2.75, 3.05) is 151 Å². The molecule has 8 aromatic rings. The van der Waals surface area contributed by atoms with Crippen molar-refractivity contribution in [1.29, 1.82) is 0 Å². The van der Waals surface area contributed by atoms with Gasteiger partial charge in [0.25, 0.3) is 22.2 Å². The zero-order valence-corrected chi connectivity index (χ0v) is 79.1. The largest absolute Gasteiger partial charge is 0.454 e. The highest BCUT2D eigenvalue weighted by Gasteiger charge is 2.52. The van der Waals surface area contributed by atoms with Gasteiger partial charge in [-0.2, -0.15) is 19.9 Å². The van der Waals surface area contributed by atoms with E-state index in [0.717, 1.165) is 168 Å². The van der Waals surface area contributed by atoms with Crippen LogP contribution in [0.3, 0.4) is 0 Å². The molecule has 42 heteroatoms. The van der Waals surface area contributed by atoms with E-state index in [2.05, 4.69) is 64.7 Å². The molecule has 128 heavy (non-hydrogen) atoms. The number of pyridine rings is 3. The summed E-state index contributed by atoms with van der Waals surface area (Å²) < 4.78 is 40.5. The number of para-hydroxylation sites is 1. The molecule has 0 bridgehead atoms. The van der Waals surface area contributed by atoms with Gasteiger partial charge in [-0.05, 0) is 142 Å². The predicted molar refractivity (Wildman–Crippen MR) is 504 cm³/mol. The Bertz CT molecular complexity index is 5700. The number of nitrogens with one attached hydrogen (secondary N) is 1. The molecule has 11 aliphatic rings. The smallest absolute Gasteiger partial charge is 0.270 e. The maximum absolute atomic E-state index is 13.3. The van der Waals surface area contributed by atoms with Crippen LogP contribution in [0.2, 0.25) is 15.1 Å². The molecule has 9 saturated heterocycles. The zero-order chi connectivity index (χ0) is 90.7. The first-order chi connectivity index (χ1) is 61.2. The Morgan fingerprint density at radius 3 is 1.09 bits per heavy atom. The van der Waals surface area contributed by atoms with Gasteiger partial charge in [0.2, 0.25) is 30.6 Å². The van der Waals surface area contributed by atoms with Gasteiger partial charge in [-0.25, -0.2) is 9.97 Å². The topological polar surface area (TPSA) is 470 Å². The highest BCUT2D eigenvalue weighted by Crippen LogP contribution is 2.50. The van der Waals surface area contributed by atoms with Crippen LogP contribution >= 0.6 is 81.9 Å². The Labute approximate surface area is 775 Å². The van der Waals surface area contributed by atoms with Gasteiger partial charge >= 0.3 is 0 Å². The van der Waals surface area contributed by atoms with Crippen molar-refractivity contribution in [3.63, 3.8) is 0 Å². The minimum atomic E-state index is -0.193. The summed E-state index contributed by atoms with van der Waals surface area (Å²) in [5.74, 6) is 5.85. The molecule has 0 radical (unpaired) electrons. The van der Waals surface area contributed by atoms with Crippen molar-refractivity contribution >= 4 is 141 Å². The molecule has 19 rings (SSSR count). The highest BCUT2D eigenvalue weighted by molar-refractivity contribution is 8.00. The molecule has 17 N–H and O–H groups in total. The van der Waals surface area contributed by atoms with Crippen LogP contribution in [0.15, 0.2) is 113 Å². The molecular formula is C86H116Cl3N25O10S4. The number of rotatable bonds is 15. The van der Waals surface area contributed by atoms with Gasteiger partial charge in [0.15, 0.2) is 11.5 Å². The second-order valence-corrected chi connectivity index (χ2v) is 41.0. The minimum absolute atomic E-state index is 0.000420. The Kier molecular flexibility index (Phi) is 27.7. The monoisotopic (exact) mass is 1890 g/mol. The molecule has 1 saturated carbocycles. The lowest BCUT2D eigenvalue weighted by molar-refractivity contribution is 0.0972. The van der Waals surface area contributed by atoms with Crippen molar-refractivity contribution in [1.82, 2.24) is 53.2 Å². The van der Waals surface area contributed by atoms with Gasteiger partial charge < -0.3 is 104 Å². The molecule has 0 unspecified atom stereocenters. The molecule has 17 heterocycles. The summed E-state index contributed by atoms with van der Waals surface area (Å²) in [4.78, 5) is 99.4. The molecule has 10 fully saturated rings. The van der Waals surface area contributed by atoms with Crippen LogP contribution in [0.25, 0.3) is 0 Å². The number of piperidine rings is 4. The second kappa shape index (κ2) is 38.1. The Hall–Kier alpha value is -8.26. The van der Waals surface area contributed by atoms with Crippen molar-refractivity contribution in [3.05, 3.63) is 117 Å². The molecule has 35 nitrogen and oxygen atoms in total. The van der Waals surface area contributed by atoms with Gasteiger partial charge in [0, 0.05) is 179 Å². The van der Waals surface area contributed by atoms with E-state index in [1.54, 1.807) is 77.2 Å². The van der Waals surface area contributed by atoms with Gasteiger partial charge in [-0.3, -0.25) is 42.4 Å². The number of fused-ring (bicyclic) bond motifs is 1. The molecule has 10 aliphatic heterocycles. The van der Waals surface area contributed by atoms with E-state index in [4.69, 9.17) is 109 Å². The summed E-state index contributed by atoms with van der Waals surface area (Å²) in [6, 6.07) is 11.5. The highest BCUT2D eigenvalue weighted by atomic mass is 35.5. The van der Waals surface area contributed by atoms with Crippen LogP contribution < -0.4 is 107 Å². The lowest BCUT2D eigenvalue weighted by atomic mass is 9.73. The maximum Gasteiger partial charge on any atom is 0.270 e. The van der Waals surface area contributed by atoms with E-state index >= 15 is 0 Å². The number of hydrogen-bond acceptors (Lipinski definition) is 35. The summed E-state index contributed by atoms with van der Waals surface area (Å²) in [5.41, 5.74) is 50.8. The van der Waals surface area contributed by atoms with E-state index < -0.39 is 0 Å². The number of nitrogen functional groups attached to an aromatic ring is 4. The number of halogens is 3. The first kappa shape index (κ1) is 93.0. The molecule has 1 aromatic carbocycles. The maximum atomic E-state index is 13.3. The van der Waals surface area contributed by atoms with E-state index in [9.17, 15) is 19.2 Å². The molecule has 4 spiro atoms. The third-order valence-electron chi connectivity index (χ3n) is 27.8. The summed E-state index contributed by atoms with van der Waals surface area (Å²) >= 11 is 24.6. The number of anilines is 10. The average Bonchev–Trinajstić information content (AvgIpc) is 1.50. The SMILES string of the molecule is C[C@@H]1OCC2(CCN(c3nc(N)c(Sc4cccc5c4OCO5)c(=O)n3C)CC2)[C@@H]1N.C[C@@H]1OCC2(CCN(c3nc(N)c(Sc4ccnc(N5CCCC5)c4Cl)c(=O)n3C)CC2)[C@@H]1N.C[C@@H]1OCC2(CCN(c3nc(N)c(Sc4ccnc(NC5CC5)c4Cl)c(=O)n3C)CC2)[C@@H]1N.Cc1nccc(Sc2c(N)nc(N3CCC4(CC3)CO[C@@H](C)[C@H]4N)n(C)c2=O)c1Cl. The van der Waals surface area contributed by atoms with Crippen LogP contribution in [-0.4, -0.2) is 206 Å². The summed E-state index contributed by atoms with van der Waals surface area (Å²) in [5, 5.41) is 4.87. The quantitative estimate of drug-likeness (QED) is 0.0463. The lowest BCUT2D eigenvalue weighted by Gasteiger charge is -2.41. The summed E-state index contributed by atoms with van der Waals surface area (Å²) in [6.45, 7) is 20.8. The molecule has 1 aliphatic carbocycles. The van der Waals surface area contributed by atoms with Gasteiger partial charge in [-0.1, -0.05) is 87.9 Å². The summed E-state index contributed by atoms with van der Waals surface area (Å²) in [7, 11) is 6.94. The number of hydrogen-bond donors (Lipinski definition) is 9. The van der Waals surface area contributed by atoms with E-state index in [-0.39, 0.29) is 123 Å². The van der Waals surface area contributed by atoms with Gasteiger partial charge in [0.1, 0.15) is 54.5 Å². The Morgan fingerprint density at radius 1 is 0.414 bits per heavy atom. The average molecular weight is 1890 g/mol. The molecule has 8 atom stereocenters. The van der Waals surface area contributed by atoms with Crippen LogP contribution in [0.5, 0.6) is 11.5 Å². The fourth-order valence-corrected chi connectivity index (χ4v) is 23.7. The standard InChI is InChI=1S/C23H32ClN7O2S.C22H30ClN7O2S.C21H27N5O4S.C20H27ClN6O2S/c1-14-18(25)23(13-33-14)6-11-31(12-7-23)22-28-19(26)17(21(32)29(22)2)34-15-5-8-27-20(16(15)24)30-9-3-4-10-30;1-12-17(24)22(11-32-12)6-9-30(10-7-22)21-28-18(25)16(20(31)29(21)2)33-14-5-8-26-19(15(14)23)27-13-3-4-13;1-12-17(22)21(10-28-12)6-8-26(9-7-21)20-24-18(23)16(19(27)25(20)2)31-14-5-3-4-13-15(14)30-11-29-13;1-11-14(21)13(4-7-24-11)30-15-17(23)25-19(26(3)18(15)28)27-8-5-20(6-9-27)10-29-12(2)16(20)22/h5,8,14,18H,3-4,6-7,9-13,25-26H2,1-2H3;5,8,12-13,17H,3-4,6-7,9-11,24-25H2,1-2H3,(H,26,27);3-5,12,17H,6-11,22-23H2,1-2H3;4,7,12,16H,5-6,8-10,22-23H2,1-3H3/t14-,18+;2*12-,17+;12-,16+/m0000/s1. The van der Waals surface area contributed by atoms with E-state index in [1.807, 2.05) is 58.9 Å². The van der Waals surface area contributed by atoms with Crippen LogP contribution in [0.4, 0.5) is 58.7 Å². The fraction of sp³-hybridized carbons (Fsp3) is 0.570. The molecule has 7 aromatic heterocycles. The molecular weight excluding hydrogens is 1780 g/mol. The third-order valence-corrected chi connectivity index (χ3v) is 34.0. The minimum Gasteiger partial charge on any atom is -0.454 e.